The first kappa shape index (κ1) is 9.42. The van der Waals surface area contributed by atoms with Crippen molar-refractivity contribution in [1.82, 2.24) is 15.1 Å². The first-order chi connectivity index (χ1) is 7.24. The van der Waals surface area contributed by atoms with Crippen molar-refractivity contribution < 1.29 is 4.79 Å². The van der Waals surface area contributed by atoms with Crippen LogP contribution in [-0.2, 0) is 0 Å². The van der Waals surface area contributed by atoms with Crippen LogP contribution >= 0.6 is 0 Å². The van der Waals surface area contributed by atoms with Gasteiger partial charge in [-0.25, -0.2) is 4.79 Å². The van der Waals surface area contributed by atoms with Crippen molar-refractivity contribution in [2.75, 3.05) is 26.2 Å². The molecule has 84 valence electrons. The summed E-state index contributed by atoms with van der Waals surface area (Å²) in [5.41, 5.74) is 5.80. The van der Waals surface area contributed by atoms with Crippen LogP contribution in [0.15, 0.2) is 0 Å². The van der Waals surface area contributed by atoms with Crippen molar-refractivity contribution in [3.05, 3.63) is 0 Å². The Labute approximate surface area is 89.6 Å². The highest BCUT2D eigenvalue weighted by atomic mass is 16.2. The normalized spacial score (nSPS) is 41.0. The van der Waals surface area contributed by atoms with Gasteiger partial charge in [0.25, 0.3) is 0 Å². The second kappa shape index (κ2) is 3.35. The predicted molar refractivity (Wildman–Crippen MR) is 56.5 cm³/mol. The van der Waals surface area contributed by atoms with Gasteiger partial charge in [0.2, 0.25) is 0 Å². The number of nitrogens with one attached hydrogen (secondary N) is 1. The molecule has 0 radical (unpaired) electrons. The van der Waals surface area contributed by atoms with Gasteiger partial charge in [0.05, 0.1) is 6.04 Å². The number of hydrogen-bond donors (Lipinski definition) is 2. The van der Waals surface area contributed by atoms with Crippen molar-refractivity contribution in [3.63, 3.8) is 0 Å². The minimum absolute atomic E-state index is 0.116. The van der Waals surface area contributed by atoms with Crippen LogP contribution in [0.1, 0.15) is 12.8 Å². The number of nitrogens with two attached hydrogens (primary N) is 1. The van der Waals surface area contributed by atoms with E-state index in [0.29, 0.717) is 18.1 Å². The van der Waals surface area contributed by atoms with Crippen LogP contribution in [0.5, 0.6) is 0 Å². The average Bonchev–Trinajstić information content (AvgIpc) is 2.55. The summed E-state index contributed by atoms with van der Waals surface area (Å²) in [6.07, 6.45) is 2.27. The fraction of sp³-hybridized carbons (Fsp3) is 0.900. The van der Waals surface area contributed by atoms with Gasteiger partial charge in [0.15, 0.2) is 0 Å². The van der Waals surface area contributed by atoms with Gasteiger partial charge in [0.1, 0.15) is 0 Å². The zero-order valence-electron chi connectivity index (χ0n) is 8.85. The first-order valence-corrected chi connectivity index (χ1v) is 5.78. The molecule has 2 aliphatic heterocycles. The smallest absolute Gasteiger partial charge is 0.317 e. The standard InChI is InChI=1S/C10H18N4O/c11-7-3-8(4-7)13-1-2-14-9(6-13)5-12-10(14)15/h7-9H,1-6,11H2,(H,12,15). The molecule has 1 aliphatic carbocycles. The maximum atomic E-state index is 11.4. The molecule has 1 saturated carbocycles. The van der Waals surface area contributed by atoms with E-state index < -0.39 is 0 Å². The Hall–Kier alpha value is -0.810. The van der Waals surface area contributed by atoms with Gasteiger partial charge in [-0.1, -0.05) is 0 Å². The molecule has 0 aromatic carbocycles. The summed E-state index contributed by atoms with van der Waals surface area (Å²) in [4.78, 5) is 15.9. The lowest BCUT2D eigenvalue weighted by Gasteiger charge is -2.46. The van der Waals surface area contributed by atoms with Crippen molar-refractivity contribution in [1.29, 1.82) is 0 Å². The molecule has 0 bridgehead atoms. The van der Waals surface area contributed by atoms with E-state index in [4.69, 9.17) is 5.73 Å². The maximum Gasteiger partial charge on any atom is 0.317 e. The Kier molecular flexibility index (Phi) is 2.10. The van der Waals surface area contributed by atoms with Crippen LogP contribution in [0.3, 0.4) is 0 Å². The van der Waals surface area contributed by atoms with Gasteiger partial charge >= 0.3 is 6.03 Å². The van der Waals surface area contributed by atoms with E-state index in [1.165, 1.54) is 0 Å². The highest BCUT2D eigenvalue weighted by molar-refractivity contribution is 5.77. The number of carbonyl (C=O) groups is 1. The molecule has 5 nitrogen and oxygen atoms in total. The lowest BCUT2D eigenvalue weighted by molar-refractivity contribution is 0.0472. The molecule has 0 aromatic rings. The van der Waals surface area contributed by atoms with Gasteiger partial charge < -0.3 is 16.0 Å². The average molecular weight is 210 g/mol. The number of nitrogens with zero attached hydrogens (tertiary/aromatic N) is 2. The molecular formula is C10H18N4O. The SMILES string of the molecule is NC1CC(N2CCN3C(=O)NCC3C2)C1. The van der Waals surface area contributed by atoms with Crippen molar-refractivity contribution in [3.8, 4) is 0 Å². The number of piperazine rings is 1. The number of carbonyl (C=O) groups excluding carboxylic acids is 1. The Morgan fingerprint density at radius 3 is 2.80 bits per heavy atom. The summed E-state index contributed by atoms with van der Waals surface area (Å²) >= 11 is 0. The second-order valence-electron chi connectivity index (χ2n) is 4.91. The molecule has 3 N–H and O–H groups in total. The molecule has 0 aromatic heterocycles. The summed E-state index contributed by atoms with van der Waals surface area (Å²) in [5, 5.41) is 2.90. The molecule has 1 unspecified atom stereocenters. The Balaban J connectivity index is 1.60. The minimum Gasteiger partial charge on any atom is -0.336 e. The first-order valence-electron chi connectivity index (χ1n) is 5.78. The summed E-state index contributed by atoms with van der Waals surface area (Å²) in [5.74, 6) is 0. The second-order valence-corrected chi connectivity index (χ2v) is 4.91. The Morgan fingerprint density at radius 2 is 2.07 bits per heavy atom. The van der Waals surface area contributed by atoms with E-state index in [1.54, 1.807) is 0 Å². The van der Waals surface area contributed by atoms with Crippen LogP contribution in [0, 0.1) is 0 Å². The third kappa shape index (κ3) is 1.50. The Morgan fingerprint density at radius 1 is 1.27 bits per heavy atom. The number of urea groups is 1. The van der Waals surface area contributed by atoms with Crippen LogP contribution in [0.2, 0.25) is 0 Å². The van der Waals surface area contributed by atoms with Crippen LogP contribution < -0.4 is 11.1 Å². The predicted octanol–water partition coefficient (Wildman–Crippen LogP) is -0.814. The van der Waals surface area contributed by atoms with Crippen LogP contribution in [0.4, 0.5) is 4.79 Å². The van der Waals surface area contributed by atoms with Crippen molar-refractivity contribution >= 4 is 6.03 Å². The minimum atomic E-state index is 0.116. The third-order valence-corrected chi connectivity index (χ3v) is 3.93. The molecule has 5 heteroatoms. The van der Waals surface area contributed by atoms with E-state index in [2.05, 4.69) is 10.2 Å². The number of rotatable bonds is 1. The van der Waals surface area contributed by atoms with E-state index in [0.717, 1.165) is 39.0 Å². The fourth-order valence-corrected chi connectivity index (χ4v) is 2.89. The zero-order valence-corrected chi connectivity index (χ0v) is 8.85. The summed E-state index contributed by atoms with van der Waals surface area (Å²) in [6.45, 7) is 3.73. The Bertz CT molecular complexity index is 277. The fourth-order valence-electron chi connectivity index (χ4n) is 2.89. The number of hydrogen-bond acceptors (Lipinski definition) is 3. The van der Waals surface area contributed by atoms with Gasteiger partial charge in [0, 0.05) is 38.3 Å². The molecule has 3 fully saturated rings. The largest absolute Gasteiger partial charge is 0.336 e. The van der Waals surface area contributed by atoms with E-state index in [1.807, 2.05) is 4.90 Å². The van der Waals surface area contributed by atoms with E-state index in [9.17, 15) is 4.79 Å². The molecule has 0 spiro atoms. The number of fused-ring (bicyclic) bond motifs is 1. The molecule has 2 amide bonds. The lowest BCUT2D eigenvalue weighted by Crippen LogP contribution is -2.59. The van der Waals surface area contributed by atoms with Gasteiger partial charge in [-0.3, -0.25) is 4.90 Å². The van der Waals surface area contributed by atoms with Crippen molar-refractivity contribution in [2.45, 2.75) is 31.0 Å². The molecule has 15 heavy (non-hydrogen) atoms. The lowest BCUT2D eigenvalue weighted by atomic mass is 9.85. The van der Waals surface area contributed by atoms with Gasteiger partial charge in [-0.05, 0) is 12.8 Å². The van der Waals surface area contributed by atoms with Crippen molar-refractivity contribution in [2.24, 2.45) is 5.73 Å². The maximum absolute atomic E-state index is 11.4. The summed E-state index contributed by atoms with van der Waals surface area (Å²) in [7, 11) is 0. The third-order valence-electron chi connectivity index (χ3n) is 3.93. The molecule has 2 saturated heterocycles. The molecule has 1 atom stereocenters. The highest BCUT2D eigenvalue weighted by Crippen LogP contribution is 2.27. The monoisotopic (exact) mass is 210 g/mol. The van der Waals surface area contributed by atoms with Crippen LogP contribution in [-0.4, -0.2) is 60.1 Å². The number of amides is 2. The van der Waals surface area contributed by atoms with E-state index in [-0.39, 0.29) is 6.03 Å². The van der Waals surface area contributed by atoms with Gasteiger partial charge in [-0.15, -0.1) is 0 Å². The zero-order chi connectivity index (χ0) is 10.4. The topological polar surface area (TPSA) is 61.6 Å². The summed E-state index contributed by atoms with van der Waals surface area (Å²) < 4.78 is 0. The molecule has 2 heterocycles. The quantitative estimate of drug-likeness (QED) is 0.595. The van der Waals surface area contributed by atoms with E-state index >= 15 is 0 Å². The molecular weight excluding hydrogens is 192 g/mol. The van der Waals surface area contributed by atoms with Crippen LogP contribution in [0.25, 0.3) is 0 Å². The molecule has 3 rings (SSSR count). The summed E-state index contributed by atoms with van der Waals surface area (Å²) in [6, 6.07) is 1.60. The highest BCUT2D eigenvalue weighted by Gasteiger charge is 2.40. The molecule has 3 aliphatic rings. The van der Waals surface area contributed by atoms with Gasteiger partial charge in [-0.2, -0.15) is 0 Å².